The molecule has 82 valence electrons. The van der Waals surface area contributed by atoms with E-state index < -0.39 is 0 Å². The molecule has 0 unspecified atom stereocenters. The number of ketones is 1. The quantitative estimate of drug-likeness (QED) is 0.783. The first-order chi connectivity index (χ1) is 7.19. The van der Waals surface area contributed by atoms with Gasteiger partial charge in [0, 0.05) is 24.1 Å². The molecule has 0 heterocycles. The van der Waals surface area contributed by atoms with Crippen molar-refractivity contribution in [2.75, 3.05) is 13.7 Å². The number of benzene rings is 1. The van der Waals surface area contributed by atoms with Gasteiger partial charge in [0.1, 0.15) is 0 Å². The van der Waals surface area contributed by atoms with Gasteiger partial charge in [-0.2, -0.15) is 0 Å². The number of carbonyl (C=O) groups is 1. The maximum Gasteiger partial charge on any atom is 0.164 e. The van der Waals surface area contributed by atoms with Gasteiger partial charge in [0.2, 0.25) is 0 Å². The van der Waals surface area contributed by atoms with Gasteiger partial charge in [-0.15, -0.1) is 0 Å². The topological polar surface area (TPSA) is 52.3 Å². The molecule has 0 atom stereocenters. The number of ether oxygens (including phenoxy) is 1. The van der Waals surface area contributed by atoms with E-state index in [9.17, 15) is 4.79 Å². The van der Waals surface area contributed by atoms with E-state index in [1.807, 2.05) is 0 Å². The summed E-state index contributed by atoms with van der Waals surface area (Å²) < 4.78 is 4.97. The van der Waals surface area contributed by atoms with Crippen LogP contribution < -0.4 is 5.73 Å². The van der Waals surface area contributed by atoms with Gasteiger partial charge in [-0.25, -0.2) is 0 Å². The van der Waals surface area contributed by atoms with E-state index in [0.717, 1.165) is 5.56 Å². The lowest BCUT2D eigenvalue weighted by Crippen LogP contribution is -2.08. The van der Waals surface area contributed by atoms with E-state index in [1.54, 1.807) is 25.3 Å². The maximum atomic E-state index is 11.5. The van der Waals surface area contributed by atoms with Gasteiger partial charge in [-0.1, -0.05) is 23.7 Å². The molecule has 15 heavy (non-hydrogen) atoms. The largest absolute Gasteiger partial charge is 0.380 e. The number of Topliss-reactive ketones (excluding diaryl/α,β-unsaturated/α-hetero) is 1. The van der Waals surface area contributed by atoms with Crippen LogP contribution >= 0.6 is 11.6 Å². The Bertz CT molecular complexity index is 352. The van der Waals surface area contributed by atoms with Gasteiger partial charge in [0.15, 0.2) is 5.78 Å². The van der Waals surface area contributed by atoms with Crippen LogP contribution in [-0.2, 0) is 11.3 Å². The minimum atomic E-state index is 0.0170. The molecule has 0 fully saturated rings. The number of halogens is 1. The van der Waals surface area contributed by atoms with Crippen LogP contribution in [0, 0.1) is 0 Å². The molecule has 0 aliphatic carbocycles. The fourth-order valence-electron chi connectivity index (χ4n) is 1.27. The Kier molecular flexibility index (Phi) is 4.75. The number of hydrogen-bond donors (Lipinski definition) is 1. The fourth-order valence-corrected chi connectivity index (χ4v) is 1.50. The fraction of sp³-hybridized carbons (Fsp3) is 0.364. The second-order valence-electron chi connectivity index (χ2n) is 3.20. The summed E-state index contributed by atoms with van der Waals surface area (Å²) in [6.45, 7) is 0.806. The Balaban J connectivity index is 2.86. The van der Waals surface area contributed by atoms with Crippen LogP contribution in [0.15, 0.2) is 18.2 Å². The molecule has 0 aliphatic rings. The summed E-state index contributed by atoms with van der Waals surface area (Å²) in [4.78, 5) is 11.5. The van der Waals surface area contributed by atoms with Crippen LogP contribution in [0.1, 0.15) is 22.3 Å². The summed E-state index contributed by atoms with van der Waals surface area (Å²) >= 11 is 5.99. The summed E-state index contributed by atoms with van der Waals surface area (Å²) in [5, 5.41) is 0.555. The number of hydrogen-bond acceptors (Lipinski definition) is 3. The smallest absolute Gasteiger partial charge is 0.164 e. The molecule has 0 radical (unpaired) electrons. The Morgan fingerprint density at radius 1 is 1.53 bits per heavy atom. The Labute approximate surface area is 94.2 Å². The van der Waals surface area contributed by atoms with Crippen molar-refractivity contribution in [2.24, 2.45) is 5.73 Å². The van der Waals surface area contributed by atoms with Crippen LogP contribution in [-0.4, -0.2) is 19.4 Å². The average Bonchev–Trinajstić information content (AvgIpc) is 2.21. The molecule has 0 saturated heterocycles. The van der Waals surface area contributed by atoms with Crippen LogP contribution in [0.3, 0.4) is 0 Å². The van der Waals surface area contributed by atoms with Crippen molar-refractivity contribution in [3.05, 3.63) is 34.3 Å². The normalized spacial score (nSPS) is 10.3. The summed E-state index contributed by atoms with van der Waals surface area (Å²) in [5.74, 6) is 0.0170. The number of rotatable bonds is 5. The first-order valence-electron chi connectivity index (χ1n) is 4.69. The van der Waals surface area contributed by atoms with Gasteiger partial charge in [0.25, 0.3) is 0 Å². The molecule has 4 heteroatoms. The number of nitrogens with two attached hydrogens (primary N) is 1. The van der Waals surface area contributed by atoms with Crippen LogP contribution in [0.2, 0.25) is 5.02 Å². The van der Waals surface area contributed by atoms with Gasteiger partial charge in [-0.05, 0) is 18.2 Å². The molecular formula is C11H14ClNO2. The van der Waals surface area contributed by atoms with Gasteiger partial charge < -0.3 is 10.5 Å². The molecular weight excluding hydrogens is 214 g/mol. The van der Waals surface area contributed by atoms with Crippen molar-refractivity contribution in [1.82, 2.24) is 0 Å². The molecule has 0 aromatic heterocycles. The molecule has 0 bridgehead atoms. The minimum Gasteiger partial charge on any atom is -0.380 e. The van der Waals surface area contributed by atoms with E-state index in [0.29, 0.717) is 30.2 Å². The van der Waals surface area contributed by atoms with Crippen molar-refractivity contribution in [3.8, 4) is 0 Å². The number of methoxy groups -OCH3 is 1. The van der Waals surface area contributed by atoms with Crippen LogP contribution in [0.25, 0.3) is 0 Å². The van der Waals surface area contributed by atoms with Crippen molar-refractivity contribution in [1.29, 1.82) is 0 Å². The molecule has 0 aliphatic heterocycles. The lowest BCUT2D eigenvalue weighted by Gasteiger charge is -2.05. The summed E-state index contributed by atoms with van der Waals surface area (Å²) in [7, 11) is 1.60. The predicted molar refractivity (Wildman–Crippen MR) is 60.2 cm³/mol. The Morgan fingerprint density at radius 3 is 2.80 bits per heavy atom. The molecule has 2 N–H and O–H groups in total. The SMILES string of the molecule is COCc1ccc(C(=O)CCN)cc1Cl. The molecule has 1 aromatic carbocycles. The zero-order valence-corrected chi connectivity index (χ0v) is 9.38. The summed E-state index contributed by atoms with van der Waals surface area (Å²) in [6.07, 6.45) is 0.347. The van der Waals surface area contributed by atoms with Crippen molar-refractivity contribution < 1.29 is 9.53 Å². The monoisotopic (exact) mass is 227 g/mol. The molecule has 3 nitrogen and oxygen atoms in total. The average molecular weight is 228 g/mol. The van der Waals surface area contributed by atoms with Gasteiger partial charge in [-0.3, -0.25) is 4.79 Å². The van der Waals surface area contributed by atoms with Crippen molar-refractivity contribution in [3.63, 3.8) is 0 Å². The highest BCUT2D eigenvalue weighted by atomic mass is 35.5. The Hall–Kier alpha value is -0.900. The van der Waals surface area contributed by atoms with Crippen LogP contribution in [0.5, 0.6) is 0 Å². The lowest BCUT2D eigenvalue weighted by molar-refractivity contribution is 0.0985. The predicted octanol–water partition coefficient (Wildman–Crippen LogP) is 2.02. The van der Waals surface area contributed by atoms with E-state index in [1.165, 1.54) is 0 Å². The Morgan fingerprint density at radius 2 is 2.27 bits per heavy atom. The van der Waals surface area contributed by atoms with Crippen molar-refractivity contribution >= 4 is 17.4 Å². The highest BCUT2D eigenvalue weighted by molar-refractivity contribution is 6.31. The summed E-state index contributed by atoms with van der Waals surface area (Å²) in [6, 6.07) is 5.21. The van der Waals surface area contributed by atoms with Crippen molar-refractivity contribution in [2.45, 2.75) is 13.0 Å². The van der Waals surface area contributed by atoms with E-state index in [-0.39, 0.29) is 5.78 Å². The molecule has 1 rings (SSSR count). The van der Waals surface area contributed by atoms with E-state index in [2.05, 4.69) is 0 Å². The third-order valence-corrected chi connectivity index (χ3v) is 2.40. The second-order valence-corrected chi connectivity index (χ2v) is 3.61. The van der Waals surface area contributed by atoms with Gasteiger partial charge >= 0.3 is 0 Å². The summed E-state index contributed by atoms with van der Waals surface area (Å²) in [5.41, 5.74) is 6.79. The zero-order chi connectivity index (χ0) is 11.3. The second kappa shape index (κ2) is 5.85. The minimum absolute atomic E-state index is 0.0170. The molecule has 1 aromatic rings. The standard InChI is InChI=1S/C11H14ClNO2/c1-15-7-9-3-2-8(6-10(9)12)11(14)4-5-13/h2-3,6H,4-5,7,13H2,1H3. The van der Waals surface area contributed by atoms with E-state index in [4.69, 9.17) is 22.1 Å². The molecule has 0 spiro atoms. The highest BCUT2D eigenvalue weighted by Crippen LogP contribution is 2.19. The number of carbonyl (C=O) groups excluding carboxylic acids is 1. The van der Waals surface area contributed by atoms with Gasteiger partial charge in [0.05, 0.1) is 6.61 Å². The third-order valence-electron chi connectivity index (χ3n) is 2.05. The molecule has 0 saturated carbocycles. The van der Waals surface area contributed by atoms with E-state index >= 15 is 0 Å². The van der Waals surface area contributed by atoms with Crippen LogP contribution in [0.4, 0.5) is 0 Å². The maximum absolute atomic E-state index is 11.5. The first kappa shape index (κ1) is 12.2. The zero-order valence-electron chi connectivity index (χ0n) is 8.63. The third kappa shape index (κ3) is 3.30. The molecule has 0 amide bonds. The first-order valence-corrected chi connectivity index (χ1v) is 5.07. The lowest BCUT2D eigenvalue weighted by atomic mass is 10.1. The highest BCUT2D eigenvalue weighted by Gasteiger charge is 2.07.